The number of hydrogen-bond acceptors (Lipinski definition) is 6. The smallest absolute Gasteiger partial charge is 0.303 e. The first kappa shape index (κ1) is 31.5. The minimum absolute atomic E-state index is 0.00178. The molecule has 5 atom stereocenters. The zero-order valence-electron chi connectivity index (χ0n) is 23.0. The lowest BCUT2D eigenvalue weighted by atomic mass is 9.68. The monoisotopic (exact) mass is 531 g/mol. The summed E-state index contributed by atoms with van der Waals surface area (Å²) in [4.78, 5) is 21.4. The van der Waals surface area contributed by atoms with Gasteiger partial charge in [0.2, 0.25) is 5.91 Å². The second-order valence-electron chi connectivity index (χ2n) is 10.3. The minimum Gasteiger partial charge on any atom is -0.497 e. The van der Waals surface area contributed by atoms with E-state index in [-0.39, 0.29) is 6.42 Å². The van der Waals surface area contributed by atoms with Crippen molar-refractivity contribution in [3.05, 3.63) is 53.6 Å². The summed E-state index contributed by atoms with van der Waals surface area (Å²) in [5.41, 5.74) is 4.09. The molecule has 1 aromatic carbocycles. The number of aliphatic carboxylic acids is 1. The van der Waals surface area contributed by atoms with E-state index in [4.69, 9.17) is 19.8 Å². The van der Waals surface area contributed by atoms with Gasteiger partial charge in [0.1, 0.15) is 5.75 Å². The van der Waals surface area contributed by atoms with E-state index < -0.39 is 24.1 Å². The number of nitrogens with one attached hydrogen (secondary N) is 1. The standard InChI is InChI=1S/C26H37NO5.C4H8O2/c1-18-7-10-20-5-3-4-6-25(20)24(18)14-11-21(28)15-23(16-26(29)27-30)32-17-19-8-12-22(31-2)13-9-19;1-2-3-4(5)6/h5,7-10,12-13,18,21,23-25,28,30H,3-4,6,11,14-17H2,1-2H3,(H,27,29);2-3H2,1H3,(H,5,6). The van der Waals surface area contributed by atoms with Crippen LogP contribution in [0.3, 0.4) is 0 Å². The van der Waals surface area contributed by atoms with Crippen LogP contribution in [-0.2, 0) is 20.9 Å². The van der Waals surface area contributed by atoms with Crippen LogP contribution >= 0.6 is 0 Å². The lowest BCUT2D eigenvalue weighted by Crippen LogP contribution is -2.31. The molecule has 0 fully saturated rings. The fraction of sp³-hybridized carbons (Fsp3) is 0.600. The van der Waals surface area contributed by atoms with Crippen molar-refractivity contribution in [3.8, 4) is 5.75 Å². The predicted molar refractivity (Wildman–Crippen MR) is 146 cm³/mol. The third kappa shape index (κ3) is 11.0. The van der Waals surface area contributed by atoms with Gasteiger partial charge in [0.25, 0.3) is 0 Å². The van der Waals surface area contributed by atoms with Gasteiger partial charge in [-0.1, -0.05) is 44.2 Å². The summed E-state index contributed by atoms with van der Waals surface area (Å²) in [7, 11) is 1.62. The maximum absolute atomic E-state index is 11.8. The number of fused-ring (bicyclic) bond motifs is 1. The van der Waals surface area contributed by atoms with E-state index in [0.29, 0.717) is 43.6 Å². The number of hydroxylamine groups is 1. The van der Waals surface area contributed by atoms with Crippen molar-refractivity contribution >= 4 is 11.9 Å². The van der Waals surface area contributed by atoms with Crippen molar-refractivity contribution in [2.45, 2.75) is 90.4 Å². The van der Waals surface area contributed by atoms with Crippen LogP contribution in [-0.4, -0.2) is 46.6 Å². The largest absolute Gasteiger partial charge is 0.497 e. The molecule has 0 radical (unpaired) electrons. The Kier molecular flexibility index (Phi) is 14.1. The average Bonchev–Trinajstić information content (AvgIpc) is 2.91. The van der Waals surface area contributed by atoms with Gasteiger partial charge in [0, 0.05) is 12.8 Å². The summed E-state index contributed by atoms with van der Waals surface area (Å²) in [6, 6.07) is 7.53. The molecule has 8 nitrogen and oxygen atoms in total. The SMILES string of the molecule is CCCC(=O)O.COc1ccc(COC(CC(=O)NO)CC(O)CCC2C(C)C=CC3=CCCCC32)cc1. The number of ether oxygens (including phenoxy) is 2. The second kappa shape index (κ2) is 17.0. The highest BCUT2D eigenvalue weighted by Crippen LogP contribution is 2.42. The van der Waals surface area contributed by atoms with Gasteiger partial charge >= 0.3 is 5.97 Å². The predicted octanol–water partition coefficient (Wildman–Crippen LogP) is 5.43. The Morgan fingerprint density at radius 3 is 2.55 bits per heavy atom. The molecule has 0 aromatic heterocycles. The van der Waals surface area contributed by atoms with E-state index in [2.05, 4.69) is 25.2 Å². The Labute approximate surface area is 226 Å². The van der Waals surface area contributed by atoms with Gasteiger partial charge in [-0.05, 0) is 79.5 Å². The van der Waals surface area contributed by atoms with E-state index in [1.165, 1.54) is 24.8 Å². The van der Waals surface area contributed by atoms with E-state index in [0.717, 1.165) is 24.2 Å². The average molecular weight is 532 g/mol. The Morgan fingerprint density at radius 2 is 1.95 bits per heavy atom. The molecule has 4 N–H and O–H groups in total. The van der Waals surface area contributed by atoms with Crippen molar-refractivity contribution in [3.63, 3.8) is 0 Å². The van der Waals surface area contributed by atoms with E-state index in [9.17, 15) is 14.7 Å². The molecule has 0 saturated carbocycles. The van der Waals surface area contributed by atoms with Gasteiger partial charge in [0.05, 0.1) is 32.3 Å². The Balaban J connectivity index is 0.000000757. The number of carboxylic acid groups (broad SMARTS) is 1. The maximum Gasteiger partial charge on any atom is 0.303 e. The number of amides is 1. The molecule has 0 spiro atoms. The van der Waals surface area contributed by atoms with Crippen LogP contribution in [0.5, 0.6) is 5.75 Å². The summed E-state index contributed by atoms with van der Waals surface area (Å²) in [6.07, 6.45) is 12.6. The second-order valence-corrected chi connectivity index (χ2v) is 10.3. The van der Waals surface area contributed by atoms with Gasteiger partial charge in [-0.25, -0.2) is 5.48 Å². The first-order valence-electron chi connectivity index (χ1n) is 13.7. The zero-order chi connectivity index (χ0) is 27.9. The molecule has 38 heavy (non-hydrogen) atoms. The third-order valence-electron chi connectivity index (χ3n) is 7.33. The number of carbonyl (C=O) groups is 2. The highest BCUT2D eigenvalue weighted by Gasteiger charge is 2.32. The van der Waals surface area contributed by atoms with Crippen LogP contribution in [0.1, 0.15) is 77.2 Å². The van der Waals surface area contributed by atoms with Crippen molar-refractivity contribution in [1.82, 2.24) is 5.48 Å². The van der Waals surface area contributed by atoms with Crippen LogP contribution < -0.4 is 10.2 Å². The number of benzene rings is 1. The lowest BCUT2D eigenvalue weighted by Gasteiger charge is -2.37. The fourth-order valence-corrected chi connectivity index (χ4v) is 5.23. The molecule has 3 rings (SSSR count). The van der Waals surface area contributed by atoms with Gasteiger partial charge in [-0.15, -0.1) is 0 Å². The van der Waals surface area contributed by atoms with Gasteiger partial charge in [-0.3, -0.25) is 14.8 Å². The fourth-order valence-electron chi connectivity index (χ4n) is 5.23. The third-order valence-corrected chi connectivity index (χ3v) is 7.33. The molecule has 0 bridgehead atoms. The minimum atomic E-state index is -0.711. The Bertz CT molecular complexity index is 912. The van der Waals surface area contributed by atoms with E-state index >= 15 is 0 Å². The number of allylic oxidation sites excluding steroid dienone is 4. The number of carbonyl (C=O) groups excluding carboxylic acids is 1. The first-order valence-corrected chi connectivity index (χ1v) is 13.7. The van der Waals surface area contributed by atoms with Crippen LogP contribution in [0, 0.1) is 17.8 Å². The first-order chi connectivity index (χ1) is 18.3. The van der Waals surface area contributed by atoms with Crippen molar-refractivity contribution in [1.29, 1.82) is 0 Å². The van der Waals surface area contributed by atoms with Crippen molar-refractivity contribution in [2.75, 3.05) is 7.11 Å². The summed E-state index contributed by atoms with van der Waals surface area (Å²) in [6.45, 7) is 4.43. The highest BCUT2D eigenvalue weighted by atomic mass is 16.5. The van der Waals surface area contributed by atoms with Gasteiger partial charge in [0.15, 0.2) is 0 Å². The summed E-state index contributed by atoms with van der Waals surface area (Å²) < 4.78 is 11.1. The van der Waals surface area contributed by atoms with Gasteiger partial charge in [-0.2, -0.15) is 0 Å². The topological polar surface area (TPSA) is 125 Å². The van der Waals surface area contributed by atoms with Crippen molar-refractivity contribution in [2.24, 2.45) is 17.8 Å². The molecule has 0 heterocycles. The summed E-state index contributed by atoms with van der Waals surface area (Å²) in [5, 5.41) is 27.6. The quantitative estimate of drug-likeness (QED) is 0.198. The van der Waals surface area contributed by atoms with Crippen molar-refractivity contribution < 1.29 is 34.5 Å². The van der Waals surface area contributed by atoms with E-state index in [1.54, 1.807) is 12.6 Å². The molecule has 2 aliphatic carbocycles. The summed E-state index contributed by atoms with van der Waals surface area (Å²) >= 11 is 0. The molecule has 8 heteroatoms. The van der Waals surface area contributed by atoms with E-state index in [1.807, 2.05) is 31.2 Å². The van der Waals surface area contributed by atoms with Crippen LogP contribution in [0.15, 0.2) is 48.1 Å². The number of methoxy groups -OCH3 is 1. The number of rotatable bonds is 13. The number of aliphatic hydroxyl groups excluding tert-OH is 1. The number of aliphatic hydroxyl groups is 1. The number of carboxylic acids is 1. The highest BCUT2D eigenvalue weighted by molar-refractivity contribution is 5.75. The molecule has 0 aliphatic heterocycles. The molecule has 2 aliphatic rings. The summed E-state index contributed by atoms with van der Waals surface area (Å²) in [5.74, 6) is 1.18. The molecular formula is C30H45NO7. The van der Waals surface area contributed by atoms with Crippen LogP contribution in [0.25, 0.3) is 0 Å². The molecule has 5 unspecified atom stereocenters. The normalized spacial score (nSPS) is 21.7. The molecular weight excluding hydrogens is 486 g/mol. The Hall–Kier alpha value is -2.68. The van der Waals surface area contributed by atoms with Gasteiger partial charge < -0.3 is 19.7 Å². The molecule has 1 aromatic rings. The maximum atomic E-state index is 11.8. The Morgan fingerprint density at radius 1 is 1.21 bits per heavy atom. The molecule has 1 amide bonds. The van der Waals surface area contributed by atoms with Crippen LogP contribution in [0.4, 0.5) is 0 Å². The zero-order valence-corrected chi connectivity index (χ0v) is 23.0. The molecule has 0 saturated heterocycles. The molecule has 212 valence electrons. The number of hydrogen-bond donors (Lipinski definition) is 4. The van der Waals surface area contributed by atoms with Crippen LogP contribution in [0.2, 0.25) is 0 Å². The lowest BCUT2D eigenvalue weighted by molar-refractivity contribution is -0.137.